The van der Waals surface area contributed by atoms with Gasteiger partial charge in [0.15, 0.2) is 0 Å². The molecule has 3 fully saturated rings. The van der Waals surface area contributed by atoms with E-state index in [1.165, 1.54) is 0 Å². The van der Waals surface area contributed by atoms with Gasteiger partial charge < -0.3 is 24.4 Å². The average Bonchev–Trinajstić information content (AvgIpc) is 3.30. The van der Waals surface area contributed by atoms with Crippen molar-refractivity contribution >= 4 is 29.5 Å². The van der Waals surface area contributed by atoms with E-state index >= 15 is 0 Å². The maximum atomic E-state index is 14.3. The van der Waals surface area contributed by atoms with E-state index in [0.717, 1.165) is 32.5 Å². The number of hydrogen-bond acceptors (Lipinski definition) is 8. The molecule has 0 radical (unpaired) electrons. The number of thioether (sulfide) groups is 1. The highest BCUT2D eigenvalue weighted by Crippen LogP contribution is 2.61. The molecule has 0 bridgehead atoms. The average molecular weight is 534 g/mol. The molecule has 5 rings (SSSR count). The van der Waals surface area contributed by atoms with Gasteiger partial charge >= 0.3 is 5.97 Å². The standard InChI is InChI=1S/C27H39N3O6S/c1-18(2)19(17-31)30-23-25(33)29(11-10-28-12-15-35-16-13-28)9-6-8-27(23)22(24(30)32)21-20(37-27)7-4-3-5-14-36-26(21)34/h4,6-8,18-23,31H,3,5,9-17H2,1-2H3/b7-4-/t19-,20+,21-,22-,23?,27-/m0/s1. The first-order chi connectivity index (χ1) is 17.9. The quantitative estimate of drug-likeness (QED) is 0.398. The Labute approximate surface area is 223 Å². The van der Waals surface area contributed by atoms with Crippen LogP contribution in [0, 0.1) is 17.8 Å². The van der Waals surface area contributed by atoms with Crippen LogP contribution in [0.2, 0.25) is 0 Å². The number of hydrogen-bond donors (Lipinski definition) is 1. The second-order valence-electron chi connectivity index (χ2n) is 11.0. The molecule has 0 aromatic heterocycles. The van der Waals surface area contributed by atoms with Crippen LogP contribution in [0.25, 0.3) is 0 Å². The minimum Gasteiger partial charge on any atom is -0.465 e. The lowest BCUT2D eigenvalue weighted by molar-refractivity contribution is -0.154. The molecule has 3 saturated heterocycles. The molecular weight excluding hydrogens is 494 g/mol. The van der Waals surface area contributed by atoms with Crippen LogP contribution in [-0.2, 0) is 23.9 Å². The van der Waals surface area contributed by atoms with E-state index in [0.29, 0.717) is 32.9 Å². The van der Waals surface area contributed by atoms with Gasteiger partial charge in [-0.15, -0.1) is 11.8 Å². The maximum Gasteiger partial charge on any atom is 0.311 e. The van der Waals surface area contributed by atoms with Gasteiger partial charge in [-0.25, -0.2) is 0 Å². The number of morpholine rings is 1. The molecule has 6 atom stereocenters. The molecule has 9 nitrogen and oxygen atoms in total. The van der Waals surface area contributed by atoms with Crippen LogP contribution in [0.5, 0.6) is 0 Å². The molecule has 0 aromatic carbocycles. The highest BCUT2D eigenvalue weighted by molar-refractivity contribution is 8.02. The fraction of sp³-hybridized carbons (Fsp3) is 0.741. The van der Waals surface area contributed by atoms with Gasteiger partial charge in [0.1, 0.15) is 6.04 Å². The largest absolute Gasteiger partial charge is 0.465 e. The van der Waals surface area contributed by atoms with Crippen molar-refractivity contribution in [3.05, 3.63) is 24.3 Å². The number of amides is 2. The van der Waals surface area contributed by atoms with Crippen molar-refractivity contribution in [2.75, 3.05) is 59.2 Å². The second kappa shape index (κ2) is 11.1. The van der Waals surface area contributed by atoms with Gasteiger partial charge in [-0.2, -0.15) is 0 Å². The Hall–Kier alpha value is -1.88. The van der Waals surface area contributed by atoms with Crippen molar-refractivity contribution in [2.24, 2.45) is 17.8 Å². The van der Waals surface area contributed by atoms with E-state index in [2.05, 4.69) is 11.0 Å². The molecular formula is C27H39N3O6S. The van der Waals surface area contributed by atoms with E-state index in [-0.39, 0.29) is 35.6 Å². The fourth-order valence-electron chi connectivity index (χ4n) is 6.51. The summed E-state index contributed by atoms with van der Waals surface area (Å²) in [6.07, 6.45) is 9.69. The van der Waals surface area contributed by atoms with Gasteiger partial charge in [-0.3, -0.25) is 19.3 Å². The van der Waals surface area contributed by atoms with E-state index in [1.807, 2.05) is 37.0 Å². The number of allylic oxidation sites excluding steroid dienone is 1. The predicted molar refractivity (Wildman–Crippen MR) is 140 cm³/mol. The van der Waals surface area contributed by atoms with Crippen LogP contribution in [0.1, 0.15) is 26.7 Å². The summed E-state index contributed by atoms with van der Waals surface area (Å²) >= 11 is 1.55. The topological polar surface area (TPSA) is 99.6 Å². The lowest BCUT2D eigenvalue weighted by atomic mass is 9.78. The summed E-state index contributed by atoms with van der Waals surface area (Å²) in [5, 5.41) is 10.1. The van der Waals surface area contributed by atoms with E-state index < -0.39 is 28.7 Å². The van der Waals surface area contributed by atoms with Crippen molar-refractivity contribution in [1.29, 1.82) is 0 Å². The first-order valence-electron chi connectivity index (χ1n) is 13.6. The van der Waals surface area contributed by atoms with E-state index in [1.54, 1.807) is 16.7 Å². The van der Waals surface area contributed by atoms with Gasteiger partial charge in [0.25, 0.3) is 0 Å². The van der Waals surface area contributed by atoms with Gasteiger partial charge in [0, 0.05) is 38.0 Å². The molecule has 0 aliphatic carbocycles. The van der Waals surface area contributed by atoms with Crippen molar-refractivity contribution in [1.82, 2.24) is 14.7 Å². The lowest BCUT2D eigenvalue weighted by Gasteiger charge is -2.40. The number of carbonyl (C=O) groups is 3. The Kier molecular flexibility index (Phi) is 8.00. The molecule has 1 spiro atoms. The number of rotatable bonds is 6. The SMILES string of the molecule is CC(C)[C@H](CO)N1C(=O)[C@@H]2[C@H]3C(=O)OCCC/C=C\[C@H]3S[C@@]23C=CCN(CCN2CCOCC2)C(=O)C13. The van der Waals surface area contributed by atoms with Crippen molar-refractivity contribution in [3.63, 3.8) is 0 Å². The number of aliphatic hydroxyl groups is 1. The Balaban J connectivity index is 1.52. The van der Waals surface area contributed by atoms with E-state index in [9.17, 15) is 19.5 Å². The minimum absolute atomic E-state index is 0.0557. The molecule has 1 N–H and O–H groups in total. The minimum atomic E-state index is -0.887. The molecule has 0 aromatic rings. The van der Waals surface area contributed by atoms with Crippen LogP contribution in [-0.4, -0.2) is 119 Å². The van der Waals surface area contributed by atoms with Gasteiger partial charge in [0.2, 0.25) is 11.8 Å². The molecule has 10 heteroatoms. The third-order valence-electron chi connectivity index (χ3n) is 8.48. The molecule has 0 saturated carbocycles. The number of likely N-dealkylation sites (tertiary alicyclic amines) is 1. The van der Waals surface area contributed by atoms with E-state index in [4.69, 9.17) is 9.47 Å². The number of esters is 1. The van der Waals surface area contributed by atoms with Crippen LogP contribution >= 0.6 is 11.8 Å². The predicted octanol–water partition coefficient (Wildman–Crippen LogP) is 0.925. The number of cyclic esters (lactones) is 1. The normalized spacial score (nSPS) is 36.3. The molecule has 1 unspecified atom stereocenters. The lowest BCUT2D eigenvalue weighted by Crippen LogP contribution is -2.58. The number of carbonyl (C=O) groups excluding carboxylic acids is 3. The summed E-state index contributed by atoms with van der Waals surface area (Å²) in [6.45, 7) is 8.80. The number of fused-ring (bicyclic) bond motifs is 2. The fourth-order valence-corrected chi connectivity index (χ4v) is 8.49. The smallest absolute Gasteiger partial charge is 0.311 e. The third-order valence-corrected chi connectivity index (χ3v) is 10.2. The van der Waals surface area contributed by atoms with Crippen LogP contribution in [0.15, 0.2) is 24.3 Å². The first-order valence-corrected chi connectivity index (χ1v) is 14.5. The van der Waals surface area contributed by atoms with Crippen molar-refractivity contribution < 1.29 is 29.0 Å². The zero-order valence-electron chi connectivity index (χ0n) is 21.8. The highest BCUT2D eigenvalue weighted by Gasteiger charge is 2.71. The number of ether oxygens (including phenoxy) is 2. The zero-order valence-corrected chi connectivity index (χ0v) is 22.6. The Morgan fingerprint density at radius 2 is 1.89 bits per heavy atom. The van der Waals surface area contributed by atoms with Gasteiger partial charge in [-0.1, -0.05) is 38.2 Å². The molecule has 204 valence electrons. The second-order valence-corrected chi connectivity index (χ2v) is 12.4. The Bertz CT molecular complexity index is 950. The van der Waals surface area contributed by atoms with Crippen molar-refractivity contribution in [3.8, 4) is 0 Å². The molecule has 5 aliphatic rings. The summed E-state index contributed by atoms with van der Waals surface area (Å²) in [5.41, 5.74) is 0. The summed E-state index contributed by atoms with van der Waals surface area (Å²) < 4.78 is 10.2. The summed E-state index contributed by atoms with van der Waals surface area (Å²) in [4.78, 5) is 47.7. The zero-order chi connectivity index (χ0) is 26.2. The summed E-state index contributed by atoms with van der Waals surface area (Å²) in [7, 11) is 0. The number of aliphatic hydroxyl groups excluding tert-OH is 1. The molecule has 5 heterocycles. The van der Waals surface area contributed by atoms with Gasteiger partial charge in [0.05, 0.1) is 49.1 Å². The van der Waals surface area contributed by atoms with Crippen molar-refractivity contribution in [2.45, 2.75) is 48.8 Å². The van der Waals surface area contributed by atoms with Crippen LogP contribution in [0.3, 0.4) is 0 Å². The molecule has 37 heavy (non-hydrogen) atoms. The monoisotopic (exact) mass is 533 g/mol. The number of nitrogens with zero attached hydrogens (tertiary/aromatic N) is 3. The van der Waals surface area contributed by atoms with Crippen LogP contribution in [0.4, 0.5) is 0 Å². The molecule has 2 amide bonds. The Morgan fingerprint density at radius 3 is 2.62 bits per heavy atom. The molecule has 5 aliphatic heterocycles. The van der Waals surface area contributed by atoms with Gasteiger partial charge in [-0.05, 0) is 18.8 Å². The Morgan fingerprint density at radius 1 is 1.11 bits per heavy atom. The summed E-state index contributed by atoms with van der Waals surface area (Å²) in [6, 6.07) is -1.30. The summed E-state index contributed by atoms with van der Waals surface area (Å²) in [5.74, 6) is -2.13. The highest BCUT2D eigenvalue weighted by atomic mass is 32.2. The third kappa shape index (κ3) is 4.75. The van der Waals surface area contributed by atoms with Crippen LogP contribution < -0.4 is 0 Å². The maximum absolute atomic E-state index is 14.3. The first kappa shape index (κ1) is 26.7.